The average Bonchev–Trinajstić information content (AvgIpc) is 2.52. The molecule has 0 saturated carbocycles. The van der Waals surface area contributed by atoms with Gasteiger partial charge in [-0.1, -0.05) is 38.4 Å². The molecule has 1 saturated heterocycles. The van der Waals surface area contributed by atoms with Crippen molar-refractivity contribution in [2.24, 2.45) is 11.8 Å². The summed E-state index contributed by atoms with van der Waals surface area (Å²) in [4.78, 5) is 25.4. The van der Waals surface area contributed by atoms with Gasteiger partial charge in [-0.25, -0.2) is 0 Å². The molecule has 1 fully saturated rings. The molecule has 1 aliphatic heterocycles. The number of rotatable bonds is 4. The molecule has 3 rings (SSSR count). The summed E-state index contributed by atoms with van der Waals surface area (Å²) >= 11 is 6.10. The van der Waals surface area contributed by atoms with Gasteiger partial charge in [0.05, 0.1) is 18.1 Å². The summed E-state index contributed by atoms with van der Waals surface area (Å²) in [7, 11) is -1.99. The van der Waals surface area contributed by atoms with Gasteiger partial charge in [0.2, 0.25) is 5.91 Å². The molecule has 0 radical (unpaired) electrons. The number of nitrogens with one attached hydrogen (secondary N) is 1. The number of Topliss-reactive ketones (excluding diaryl/α,β-unsaturated/α-hetero) is 1. The predicted octanol–water partition coefficient (Wildman–Crippen LogP) is 4.61. The van der Waals surface area contributed by atoms with Gasteiger partial charge in [0.15, 0.2) is 14.1 Å². The summed E-state index contributed by atoms with van der Waals surface area (Å²) in [5.41, 5.74) is 1.75. The molecule has 4 nitrogen and oxygen atoms in total. The molecule has 1 amide bonds. The third kappa shape index (κ3) is 3.74. The SMILES string of the molecule is C[C@@H](O[Si](C)(C)C(C)(C)C)[C@H]1C(=O)N[C@@H]1[C@H]1CCc2ccc(Cl)cc2C1=O. The second-order valence-electron chi connectivity index (χ2n) is 9.45. The number of β-lactam (4-membered cyclic amide) rings is 1. The van der Waals surface area contributed by atoms with Crippen molar-refractivity contribution in [2.75, 3.05) is 0 Å². The van der Waals surface area contributed by atoms with Crippen LogP contribution >= 0.6 is 11.6 Å². The molecule has 4 atom stereocenters. The molecular weight excluding hydrogens is 378 g/mol. The number of hydrogen-bond donors (Lipinski definition) is 1. The summed E-state index contributed by atoms with van der Waals surface area (Å²) in [6, 6.07) is 5.37. The number of aryl methyl sites for hydroxylation is 1. The van der Waals surface area contributed by atoms with Crippen molar-refractivity contribution >= 4 is 31.6 Å². The van der Waals surface area contributed by atoms with E-state index in [0.717, 1.165) is 18.4 Å². The van der Waals surface area contributed by atoms with E-state index < -0.39 is 8.32 Å². The zero-order valence-electron chi connectivity index (χ0n) is 17.1. The van der Waals surface area contributed by atoms with E-state index in [4.69, 9.17) is 16.0 Å². The first-order chi connectivity index (χ1) is 12.4. The van der Waals surface area contributed by atoms with Crippen LogP contribution in [-0.4, -0.2) is 32.2 Å². The summed E-state index contributed by atoms with van der Waals surface area (Å²) in [5, 5.41) is 3.64. The molecule has 148 valence electrons. The second kappa shape index (κ2) is 7.01. The van der Waals surface area contributed by atoms with Crippen LogP contribution in [0.3, 0.4) is 0 Å². The lowest BCUT2D eigenvalue weighted by Gasteiger charge is -2.48. The molecule has 0 spiro atoms. The van der Waals surface area contributed by atoms with Gasteiger partial charge in [0, 0.05) is 16.5 Å². The number of amides is 1. The van der Waals surface area contributed by atoms with Gasteiger partial charge in [-0.05, 0) is 55.6 Å². The summed E-state index contributed by atoms with van der Waals surface area (Å²) in [5.74, 6) is -0.387. The van der Waals surface area contributed by atoms with Gasteiger partial charge in [-0.2, -0.15) is 0 Å². The van der Waals surface area contributed by atoms with E-state index in [1.54, 1.807) is 6.07 Å². The molecule has 1 aromatic carbocycles. The third-order valence-electron chi connectivity index (χ3n) is 6.62. The molecule has 0 bridgehead atoms. The van der Waals surface area contributed by atoms with E-state index in [0.29, 0.717) is 10.6 Å². The molecule has 1 N–H and O–H groups in total. The highest BCUT2D eigenvalue weighted by atomic mass is 35.5. The maximum Gasteiger partial charge on any atom is 0.228 e. The minimum Gasteiger partial charge on any atom is -0.413 e. The number of hydrogen-bond acceptors (Lipinski definition) is 3. The molecular formula is C21H30ClNO3Si. The lowest BCUT2D eigenvalue weighted by atomic mass is 9.70. The number of fused-ring (bicyclic) bond motifs is 1. The number of ketones is 1. The summed E-state index contributed by atoms with van der Waals surface area (Å²) in [6.07, 6.45) is 1.39. The first-order valence-electron chi connectivity index (χ1n) is 9.73. The highest BCUT2D eigenvalue weighted by molar-refractivity contribution is 6.74. The quantitative estimate of drug-likeness (QED) is 0.585. The van der Waals surface area contributed by atoms with Gasteiger partial charge in [-0.15, -0.1) is 0 Å². The molecule has 2 aliphatic rings. The Morgan fingerprint density at radius 1 is 1.26 bits per heavy atom. The smallest absolute Gasteiger partial charge is 0.228 e. The van der Waals surface area contributed by atoms with E-state index in [-0.39, 0.29) is 40.7 Å². The van der Waals surface area contributed by atoms with Crippen LogP contribution in [0, 0.1) is 11.8 Å². The van der Waals surface area contributed by atoms with Crippen molar-refractivity contribution in [1.29, 1.82) is 0 Å². The van der Waals surface area contributed by atoms with Gasteiger partial charge >= 0.3 is 0 Å². The number of halogens is 1. The van der Waals surface area contributed by atoms with E-state index in [2.05, 4.69) is 39.2 Å². The Bertz CT molecular complexity index is 771. The molecule has 1 aliphatic carbocycles. The normalized spacial score (nSPS) is 26.9. The topological polar surface area (TPSA) is 55.4 Å². The molecule has 0 aromatic heterocycles. The molecule has 6 heteroatoms. The van der Waals surface area contributed by atoms with Gasteiger partial charge in [0.1, 0.15) is 0 Å². The number of carbonyl (C=O) groups is 2. The lowest BCUT2D eigenvalue weighted by molar-refractivity contribution is -0.141. The Balaban J connectivity index is 1.78. The van der Waals surface area contributed by atoms with Crippen LogP contribution in [0.5, 0.6) is 0 Å². The number of benzene rings is 1. The van der Waals surface area contributed by atoms with Crippen molar-refractivity contribution in [3.63, 3.8) is 0 Å². The first-order valence-corrected chi connectivity index (χ1v) is 13.0. The second-order valence-corrected chi connectivity index (χ2v) is 14.6. The fourth-order valence-electron chi connectivity index (χ4n) is 3.97. The number of carbonyl (C=O) groups excluding carboxylic acids is 2. The van der Waals surface area contributed by atoms with Crippen LogP contribution in [0.1, 0.15) is 50.0 Å². The van der Waals surface area contributed by atoms with Gasteiger partial charge in [-0.3, -0.25) is 9.59 Å². The van der Waals surface area contributed by atoms with Crippen LogP contribution in [0.25, 0.3) is 0 Å². The van der Waals surface area contributed by atoms with Crippen LogP contribution in [0.2, 0.25) is 23.2 Å². The Hall–Kier alpha value is -1.17. The summed E-state index contributed by atoms with van der Waals surface area (Å²) in [6.45, 7) is 12.9. The Morgan fingerprint density at radius 2 is 1.93 bits per heavy atom. The molecule has 1 aromatic rings. The monoisotopic (exact) mass is 407 g/mol. The van der Waals surface area contributed by atoms with Crippen molar-refractivity contribution in [1.82, 2.24) is 5.32 Å². The third-order valence-corrected chi connectivity index (χ3v) is 11.4. The van der Waals surface area contributed by atoms with Crippen molar-refractivity contribution in [3.8, 4) is 0 Å². The van der Waals surface area contributed by atoms with Crippen LogP contribution in [0.15, 0.2) is 18.2 Å². The van der Waals surface area contributed by atoms with Crippen molar-refractivity contribution < 1.29 is 14.0 Å². The van der Waals surface area contributed by atoms with E-state index >= 15 is 0 Å². The van der Waals surface area contributed by atoms with E-state index in [1.807, 2.05) is 19.1 Å². The van der Waals surface area contributed by atoms with Crippen molar-refractivity contribution in [2.45, 2.75) is 70.8 Å². The fraction of sp³-hybridized carbons (Fsp3) is 0.619. The molecule has 0 unspecified atom stereocenters. The highest BCUT2D eigenvalue weighted by Gasteiger charge is 2.52. The van der Waals surface area contributed by atoms with Crippen LogP contribution in [-0.2, 0) is 15.6 Å². The Labute approximate surface area is 168 Å². The largest absolute Gasteiger partial charge is 0.413 e. The lowest BCUT2D eigenvalue weighted by Crippen LogP contribution is -2.67. The Morgan fingerprint density at radius 3 is 2.52 bits per heavy atom. The minimum absolute atomic E-state index is 0.00380. The zero-order chi connectivity index (χ0) is 20.1. The highest BCUT2D eigenvalue weighted by Crippen LogP contribution is 2.41. The maximum atomic E-state index is 13.1. The van der Waals surface area contributed by atoms with E-state index in [9.17, 15) is 9.59 Å². The van der Waals surface area contributed by atoms with Gasteiger partial charge in [0.25, 0.3) is 0 Å². The first kappa shape index (κ1) is 20.6. The van der Waals surface area contributed by atoms with E-state index in [1.165, 1.54) is 0 Å². The molecule has 1 heterocycles. The Kier molecular flexibility index (Phi) is 5.34. The zero-order valence-corrected chi connectivity index (χ0v) is 18.8. The molecule has 27 heavy (non-hydrogen) atoms. The van der Waals surface area contributed by atoms with Crippen molar-refractivity contribution in [3.05, 3.63) is 34.3 Å². The predicted molar refractivity (Wildman–Crippen MR) is 111 cm³/mol. The van der Waals surface area contributed by atoms with Gasteiger partial charge < -0.3 is 9.74 Å². The van der Waals surface area contributed by atoms with Crippen LogP contribution in [0.4, 0.5) is 0 Å². The summed E-state index contributed by atoms with van der Waals surface area (Å²) < 4.78 is 6.47. The minimum atomic E-state index is -1.99. The van der Waals surface area contributed by atoms with Crippen LogP contribution < -0.4 is 5.32 Å². The maximum absolute atomic E-state index is 13.1. The average molecular weight is 408 g/mol. The standard InChI is InChI=1S/C21H30ClNO3Si/c1-12(26-27(5,6)21(2,3)4)17-18(23-20(17)25)15-10-8-13-7-9-14(22)11-16(13)19(15)24/h7,9,11-12,15,17-18H,8,10H2,1-6H3,(H,23,25)/t12-,15-,17-,18-/m1/s1. The fourth-order valence-corrected chi connectivity index (χ4v) is 5.57.